The van der Waals surface area contributed by atoms with Gasteiger partial charge in [-0.3, -0.25) is 19.7 Å². The van der Waals surface area contributed by atoms with Gasteiger partial charge >= 0.3 is 0 Å². The van der Waals surface area contributed by atoms with Crippen LogP contribution in [0.25, 0.3) is 6.08 Å². The van der Waals surface area contributed by atoms with Crippen LogP contribution >= 0.6 is 11.6 Å². The average molecular weight is 402 g/mol. The predicted octanol–water partition coefficient (Wildman–Crippen LogP) is 3.94. The molecular weight excluding hydrogens is 382 g/mol. The van der Waals surface area contributed by atoms with E-state index in [0.29, 0.717) is 17.1 Å². The first-order valence-corrected chi connectivity index (χ1v) is 9.09. The Morgan fingerprint density at radius 3 is 2.32 bits per heavy atom. The molecule has 0 aliphatic carbocycles. The zero-order valence-electron chi connectivity index (χ0n) is 15.3. The number of hydrogen-bond donors (Lipinski definition) is 2. The van der Waals surface area contributed by atoms with Crippen molar-refractivity contribution in [3.05, 3.63) is 80.5 Å². The minimum Gasteiger partial charge on any atom is -0.351 e. The Hall–Kier alpha value is -3.19. The third-order valence-corrected chi connectivity index (χ3v) is 4.08. The summed E-state index contributed by atoms with van der Waals surface area (Å²) in [6, 6.07) is 11.9. The topological polar surface area (TPSA) is 101 Å². The molecule has 0 atom stereocenters. The van der Waals surface area contributed by atoms with Gasteiger partial charge < -0.3 is 10.6 Å². The molecule has 146 valence electrons. The van der Waals surface area contributed by atoms with Crippen molar-refractivity contribution in [3.8, 4) is 0 Å². The van der Waals surface area contributed by atoms with Crippen molar-refractivity contribution in [1.29, 1.82) is 0 Å². The van der Waals surface area contributed by atoms with Crippen LogP contribution in [-0.4, -0.2) is 23.3 Å². The number of carbonyl (C=O) groups excluding carboxylic acids is 2. The zero-order chi connectivity index (χ0) is 20.5. The summed E-state index contributed by atoms with van der Waals surface area (Å²) < 4.78 is 0. The van der Waals surface area contributed by atoms with Crippen molar-refractivity contribution in [2.24, 2.45) is 0 Å². The van der Waals surface area contributed by atoms with E-state index in [2.05, 4.69) is 10.6 Å². The second-order valence-corrected chi connectivity index (χ2v) is 6.41. The fraction of sp³-hybridized carbons (Fsp3) is 0.200. The normalized spacial score (nSPS) is 11.0. The van der Waals surface area contributed by atoms with Crippen molar-refractivity contribution in [2.45, 2.75) is 19.8 Å². The molecule has 0 unspecified atom stereocenters. The molecule has 2 aromatic carbocycles. The SMILES string of the molecule is CCCCNC(=O)C(=Cc1ccc(Cl)cc1)NC(=O)c1ccc([N+](=O)[O-])cc1. The molecule has 0 fully saturated rings. The van der Waals surface area contributed by atoms with Crippen molar-refractivity contribution < 1.29 is 14.5 Å². The molecule has 7 nitrogen and oxygen atoms in total. The number of nitro benzene ring substituents is 1. The van der Waals surface area contributed by atoms with Crippen molar-refractivity contribution >= 4 is 35.2 Å². The van der Waals surface area contributed by atoms with Gasteiger partial charge in [0.1, 0.15) is 5.70 Å². The number of amides is 2. The first-order valence-electron chi connectivity index (χ1n) is 8.72. The smallest absolute Gasteiger partial charge is 0.269 e. The lowest BCUT2D eigenvalue weighted by Crippen LogP contribution is -2.35. The van der Waals surface area contributed by atoms with Crippen molar-refractivity contribution in [1.82, 2.24) is 10.6 Å². The molecule has 2 N–H and O–H groups in total. The van der Waals surface area contributed by atoms with E-state index >= 15 is 0 Å². The van der Waals surface area contributed by atoms with E-state index in [1.54, 1.807) is 30.3 Å². The van der Waals surface area contributed by atoms with Gasteiger partial charge in [0, 0.05) is 29.3 Å². The number of non-ortho nitro benzene ring substituents is 1. The Morgan fingerprint density at radius 1 is 1.11 bits per heavy atom. The lowest BCUT2D eigenvalue weighted by molar-refractivity contribution is -0.384. The second-order valence-electron chi connectivity index (χ2n) is 5.98. The number of rotatable bonds is 8. The number of nitro groups is 1. The van der Waals surface area contributed by atoms with Gasteiger partial charge in [-0.05, 0) is 42.3 Å². The molecule has 0 saturated heterocycles. The largest absolute Gasteiger partial charge is 0.351 e. The molecule has 2 amide bonds. The van der Waals surface area contributed by atoms with Crippen molar-refractivity contribution in [3.63, 3.8) is 0 Å². The van der Waals surface area contributed by atoms with E-state index in [1.807, 2.05) is 6.92 Å². The van der Waals surface area contributed by atoms with Crippen LogP contribution in [0.5, 0.6) is 0 Å². The van der Waals surface area contributed by atoms with Crippen LogP contribution < -0.4 is 10.6 Å². The van der Waals surface area contributed by atoms with E-state index in [9.17, 15) is 19.7 Å². The van der Waals surface area contributed by atoms with Gasteiger partial charge in [-0.15, -0.1) is 0 Å². The highest BCUT2D eigenvalue weighted by Crippen LogP contribution is 2.14. The maximum Gasteiger partial charge on any atom is 0.269 e. The fourth-order valence-corrected chi connectivity index (χ4v) is 2.41. The summed E-state index contributed by atoms with van der Waals surface area (Å²) in [4.78, 5) is 35.2. The summed E-state index contributed by atoms with van der Waals surface area (Å²) in [7, 11) is 0. The zero-order valence-corrected chi connectivity index (χ0v) is 16.0. The Morgan fingerprint density at radius 2 is 1.75 bits per heavy atom. The number of nitrogens with zero attached hydrogens (tertiary/aromatic N) is 1. The summed E-state index contributed by atoms with van der Waals surface area (Å²) in [6.07, 6.45) is 3.28. The summed E-state index contributed by atoms with van der Waals surface area (Å²) in [5.74, 6) is -0.959. The maximum atomic E-state index is 12.5. The van der Waals surface area contributed by atoms with Gasteiger partial charge in [-0.1, -0.05) is 37.1 Å². The quantitative estimate of drug-likeness (QED) is 0.303. The molecular formula is C20H20ClN3O4. The van der Waals surface area contributed by atoms with E-state index in [1.165, 1.54) is 24.3 Å². The number of benzene rings is 2. The van der Waals surface area contributed by atoms with E-state index in [-0.39, 0.29) is 16.9 Å². The van der Waals surface area contributed by atoms with Crippen LogP contribution in [0.1, 0.15) is 35.7 Å². The van der Waals surface area contributed by atoms with Gasteiger partial charge in [-0.2, -0.15) is 0 Å². The molecule has 0 aromatic heterocycles. The van der Waals surface area contributed by atoms with Crippen LogP contribution in [0.15, 0.2) is 54.2 Å². The first kappa shape index (κ1) is 21.1. The highest BCUT2D eigenvalue weighted by atomic mass is 35.5. The van der Waals surface area contributed by atoms with Gasteiger partial charge in [0.05, 0.1) is 4.92 Å². The molecule has 0 aliphatic rings. The van der Waals surface area contributed by atoms with Gasteiger partial charge in [0.2, 0.25) is 0 Å². The molecule has 0 heterocycles. The Balaban J connectivity index is 2.22. The second kappa shape index (κ2) is 10.2. The molecule has 0 spiro atoms. The number of unbranched alkanes of at least 4 members (excludes halogenated alkanes) is 1. The highest BCUT2D eigenvalue weighted by Gasteiger charge is 2.15. The van der Waals surface area contributed by atoms with Gasteiger partial charge in [-0.25, -0.2) is 0 Å². The molecule has 8 heteroatoms. The van der Waals surface area contributed by atoms with Crippen LogP contribution in [-0.2, 0) is 4.79 Å². The molecule has 0 aliphatic heterocycles. The van der Waals surface area contributed by atoms with Gasteiger partial charge in [0.25, 0.3) is 17.5 Å². The lowest BCUT2D eigenvalue weighted by Gasteiger charge is -2.11. The average Bonchev–Trinajstić information content (AvgIpc) is 2.69. The minimum absolute atomic E-state index is 0.0711. The minimum atomic E-state index is -0.547. The monoisotopic (exact) mass is 401 g/mol. The van der Waals surface area contributed by atoms with Crippen LogP contribution in [0, 0.1) is 10.1 Å². The maximum absolute atomic E-state index is 12.5. The highest BCUT2D eigenvalue weighted by molar-refractivity contribution is 6.30. The van der Waals surface area contributed by atoms with E-state index in [4.69, 9.17) is 11.6 Å². The predicted molar refractivity (Wildman–Crippen MR) is 108 cm³/mol. The fourth-order valence-electron chi connectivity index (χ4n) is 2.29. The van der Waals surface area contributed by atoms with Crippen LogP contribution in [0.4, 0.5) is 5.69 Å². The molecule has 0 radical (unpaired) electrons. The van der Waals surface area contributed by atoms with Crippen molar-refractivity contribution in [2.75, 3.05) is 6.54 Å². The number of carbonyl (C=O) groups is 2. The summed E-state index contributed by atoms with van der Waals surface area (Å²) in [5.41, 5.74) is 0.843. The van der Waals surface area contributed by atoms with Gasteiger partial charge in [0.15, 0.2) is 0 Å². The Labute approximate surface area is 167 Å². The summed E-state index contributed by atoms with van der Waals surface area (Å²) >= 11 is 5.88. The summed E-state index contributed by atoms with van der Waals surface area (Å²) in [6.45, 7) is 2.49. The number of hydrogen-bond acceptors (Lipinski definition) is 4. The summed E-state index contributed by atoms with van der Waals surface area (Å²) in [5, 5.41) is 16.6. The molecule has 0 saturated carbocycles. The van der Waals surface area contributed by atoms with Crippen LogP contribution in [0.2, 0.25) is 5.02 Å². The molecule has 2 aromatic rings. The van der Waals surface area contributed by atoms with E-state index < -0.39 is 16.7 Å². The van der Waals surface area contributed by atoms with Crippen LogP contribution in [0.3, 0.4) is 0 Å². The first-order chi connectivity index (χ1) is 13.4. The molecule has 2 rings (SSSR count). The Kier molecular flexibility index (Phi) is 7.71. The Bertz CT molecular complexity index is 877. The third-order valence-electron chi connectivity index (χ3n) is 3.83. The van der Waals surface area contributed by atoms with E-state index in [0.717, 1.165) is 12.8 Å². The standard InChI is InChI=1S/C20H20ClN3O4/c1-2-3-12-22-20(26)18(13-14-4-8-16(21)9-5-14)23-19(25)15-6-10-17(11-7-15)24(27)28/h4-11,13H,2-3,12H2,1H3,(H,22,26)(H,23,25). The number of halogens is 1. The lowest BCUT2D eigenvalue weighted by atomic mass is 10.1. The molecule has 28 heavy (non-hydrogen) atoms. The third kappa shape index (κ3) is 6.21. The number of nitrogens with one attached hydrogen (secondary N) is 2. The molecule has 0 bridgehead atoms.